The van der Waals surface area contributed by atoms with Crippen LogP contribution in [0.5, 0.6) is 0 Å². The van der Waals surface area contributed by atoms with Gasteiger partial charge in [-0.2, -0.15) is 0 Å². The van der Waals surface area contributed by atoms with Gasteiger partial charge in [-0.15, -0.1) is 0 Å². The first kappa shape index (κ1) is 18.1. The standard InChI is InChI=1S/C16H17ClFNO5S/c17-14-7-10(18)1-4-13(14)16(21)24-8-15(20)19(11-2-3-11)12-5-6-25(22,23)9-12/h1,4,7,11-12H,2-3,5-6,8-9H2/t12-/m1/s1. The highest BCUT2D eigenvalue weighted by Gasteiger charge is 2.42. The Hall–Kier alpha value is -1.67. The average molecular weight is 390 g/mol. The van der Waals surface area contributed by atoms with Gasteiger partial charge in [-0.1, -0.05) is 11.6 Å². The third-order valence-electron chi connectivity index (χ3n) is 4.31. The third kappa shape index (κ3) is 4.30. The minimum atomic E-state index is -3.12. The molecule has 1 aromatic carbocycles. The van der Waals surface area contributed by atoms with Gasteiger partial charge in [-0.05, 0) is 37.5 Å². The number of esters is 1. The van der Waals surface area contributed by atoms with Gasteiger partial charge in [0.1, 0.15) is 5.82 Å². The van der Waals surface area contributed by atoms with Crippen LogP contribution in [-0.4, -0.2) is 55.4 Å². The van der Waals surface area contributed by atoms with E-state index in [0.717, 1.165) is 25.0 Å². The summed E-state index contributed by atoms with van der Waals surface area (Å²) < 4.78 is 41.3. The van der Waals surface area contributed by atoms with E-state index in [1.54, 1.807) is 4.90 Å². The number of carbonyl (C=O) groups is 2. The second kappa shape index (κ2) is 6.92. The molecule has 1 saturated heterocycles. The summed E-state index contributed by atoms with van der Waals surface area (Å²) >= 11 is 5.79. The summed E-state index contributed by atoms with van der Waals surface area (Å²) in [5, 5.41) is -0.0987. The maximum absolute atomic E-state index is 13.0. The van der Waals surface area contributed by atoms with E-state index < -0.39 is 34.1 Å². The summed E-state index contributed by atoms with van der Waals surface area (Å²) in [5.41, 5.74) is -0.0303. The molecule has 0 bridgehead atoms. The molecule has 2 aliphatic rings. The van der Waals surface area contributed by atoms with Gasteiger partial charge in [-0.3, -0.25) is 4.79 Å². The zero-order valence-corrected chi connectivity index (χ0v) is 14.9. The third-order valence-corrected chi connectivity index (χ3v) is 6.37. The summed E-state index contributed by atoms with van der Waals surface area (Å²) in [5.74, 6) is -1.81. The van der Waals surface area contributed by atoms with Crippen molar-refractivity contribution in [3.8, 4) is 0 Å². The first-order valence-electron chi connectivity index (χ1n) is 7.90. The topological polar surface area (TPSA) is 80.8 Å². The van der Waals surface area contributed by atoms with Crippen molar-refractivity contribution >= 4 is 33.3 Å². The average Bonchev–Trinajstić information content (AvgIpc) is 3.29. The SMILES string of the molecule is O=C(OCC(=O)N(C1CC1)[C@@H]1CCS(=O)(=O)C1)c1ccc(F)cc1Cl. The van der Waals surface area contributed by atoms with Gasteiger partial charge in [0, 0.05) is 12.1 Å². The van der Waals surface area contributed by atoms with Gasteiger partial charge < -0.3 is 9.64 Å². The lowest BCUT2D eigenvalue weighted by molar-refractivity contribution is -0.137. The van der Waals surface area contributed by atoms with Crippen LogP contribution in [0.1, 0.15) is 29.6 Å². The molecular formula is C16H17ClFNO5S. The summed E-state index contributed by atoms with van der Waals surface area (Å²) in [4.78, 5) is 26.0. The van der Waals surface area contributed by atoms with E-state index in [1.165, 1.54) is 6.07 Å². The molecule has 1 amide bonds. The Kier molecular flexibility index (Phi) is 5.02. The quantitative estimate of drug-likeness (QED) is 0.717. The predicted octanol–water partition coefficient (Wildman–Crippen LogP) is 1.81. The summed E-state index contributed by atoms with van der Waals surface area (Å²) in [7, 11) is -3.12. The van der Waals surface area contributed by atoms with Crippen LogP contribution in [0.15, 0.2) is 18.2 Å². The lowest BCUT2D eigenvalue weighted by Gasteiger charge is -2.28. The molecule has 0 radical (unpaired) electrons. The lowest BCUT2D eigenvalue weighted by Crippen LogP contribution is -2.44. The van der Waals surface area contributed by atoms with E-state index in [-0.39, 0.29) is 34.2 Å². The largest absolute Gasteiger partial charge is 0.452 e. The molecular weight excluding hydrogens is 373 g/mol. The van der Waals surface area contributed by atoms with Crippen LogP contribution in [0.3, 0.4) is 0 Å². The van der Waals surface area contributed by atoms with Gasteiger partial charge in [0.25, 0.3) is 5.91 Å². The van der Waals surface area contributed by atoms with Crippen LogP contribution in [0.25, 0.3) is 0 Å². The molecule has 1 saturated carbocycles. The zero-order valence-electron chi connectivity index (χ0n) is 13.3. The summed E-state index contributed by atoms with van der Waals surface area (Å²) in [6.45, 7) is -0.500. The zero-order chi connectivity index (χ0) is 18.2. The predicted molar refractivity (Wildman–Crippen MR) is 88.6 cm³/mol. The number of nitrogens with zero attached hydrogens (tertiary/aromatic N) is 1. The number of sulfone groups is 1. The van der Waals surface area contributed by atoms with E-state index in [9.17, 15) is 22.4 Å². The van der Waals surface area contributed by atoms with Crippen molar-refractivity contribution in [3.05, 3.63) is 34.6 Å². The number of rotatable bonds is 5. The molecule has 136 valence electrons. The molecule has 0 aromatic heterocycles. The smallest absolute Gasteiger partial charge is 0.340 e. The van der Waals surface area contributed by atoms with Crippen LogP contribution in [0.4, 0.5) is 4.39 Å². The maximum Gasteiger partial charge on any atom is 0.340 e. The van der Waals surface area contributed by atoms with Crippen molar-refractivity contribution in [2.45, 2.75) is 31.3 Å². The highest BCUT2D eigenvalue weighted by Crippen LogP contribution is 2.32. The first-order chi connectivity index (χ1) is 11.8. The van der Waals surface area contributed by atoms with Crippen LogP contribution in [0, 0.1) is 5.82 Å². The van der Waals surface area contributed by atoms with E-state index in [1.807, 2.05) is 0 Å². The van der Waals surface area contributed by atoms with E-state index in [0.29, 0.717) is 6.42 Å². The number of hydrogen-bond acceptors (Lipinski definition) is 5. The van der Waals surface area contributed by atoms with Crippen molar-refractivity contribution in [2.24, 2.45) is 0 Å². The normalized spacial score (nSPS) is 21.8. The molecule has 25 heavy (non-hydrogen) atoms. The number of ether oxygens (including phenoxy) is 1. The van der Waals surface area contributed by atoms with Crippen molar-refractivity contribution in [2.75, 3.05) is 18.1 Å². The van der Waals surface area contributed by atoms with Gasteiger partial charge in [-0.25, -0.2) is 17.6 Å². The number of amides is 1. The van der Waals surface area contributed by atoms with Gasteiger partial charge in [0.15, 0.2) is 16.4 Å². The lowest BCUT2D eigenvalue weighted by atomic mass is 10.2. The van der Waals surface area contributed by atoms with Crippen molar-refractivity contribution in [1.82, 2.24) is 4.90 Å². The summed E-state index contributed by atoms with van der Waals surface area (Å²) in [6, 6.07) is 2.90. The fraction of sp³-hybridized carbons (Fsp3) is 0.500. The number of benzene rings is 1. The first-order valence-corrected chi connectivity index (χ1v) is 10.1. The van der Waals surface area contributed by atoms with Gasteiger partial charge >= 0.3 is 5.97 Å². The Morgan fingerprint density at radius 2 is 1.96 bits per heavy atom. The van der Waals surface area contributed by atoms with Crippen LogP contribution >= 0.6 is 11.6 Å². The minimum Gasteiger partial charge on any atom is -0.452 e. The van der Waals surface area contributed by atoms with Crippen LogP contribution < -0.4 is 0 Å². The van der Waals surface area contributed by atoms with E-state index in [4.69, 9.17) is 16.3 Å². The minimum absolute atomic E-state index is 0.0129. The van der Waals surface area contributed by atoms with E-state index in [2.05, 4.69) is 0 Å². The Bertz CT molecular complexity index is 809. The molecule has 0 N–H and O–H groups in total. The molecule has 0 unspecified atom stereocenters. The Balaban J connectivity index is 1.63. The van der Waals surface area contributed by atoms with E-state index >= 15 is 0 Å². The fourth-order valence-corrected chi connectivity index (χ4v) is 4.94. The number of hydrogen-bond donors (Lipinski definition) is 0. The summed E-state index contributed by atoms with van der Waals surface area (Å²) in [6.07, 6.45) is 2.04. The fourth-order valence-electron chi connectivity index (χ4n) is 2.99. The monoisotopic (exact) mass is 389 g/mol. The van der Waals surface area contributed by atoms with Crippen LogP contribution in [0.2, 0.25) is 5.02 Å². The molecule has 6 nitrogen and oxygen atoms in total. The molecule has 2 fully saturated rings. The van der Waals surface area contributed by atoms with Crippen molar-refractivity contribution < 1.29 is 27.1 Å². The molecule has 9 heteroatoms. The molecule has 1 aromatic rings. The number of carbonyl (C=O) groups excluding carboxylic acids is 2. The molecule has 1 heterocycles. The molecule has 1 aliphatic heterocycles. The highest BCUT2D eigenvalue weighted by molar-refractivity contribution is 7.91. The molecule has 3 rings (SSSR count). The Labute approximate surface area is 149 Å². The Morgan fingerprint density at radius 1 is 1.24 bits per heavy atom. The van der Waals surface area contributed by atoms with Crippen LogP contribution in [-0.2, 0) is 19.4 Å². The van der Waals surface area contributed by atoms with Gasteiger partial charge in [0.05, 0.1) is 22.1 Å². The molecule has 1 atom stereocenters. The second-order valence-corrected chi connectivity index (χ2v) is 8.93. The second-order valence-electron chi connectivity index (χ2n) is 6.29. The highest BCUT2D eigenvalue weighted by atomic mass is 35.5. The molecule has 1 aliphatic carbocycles. The number of halogens is 2. The Morgan fingerprint density at radius 3 is 2.52 bits per heavy atom. The van der Waals surface area contributed by atoms with Gasteiger partial charge in [0.2, 0.25) is 0 Å². The molecule has 0 spiro atoms. The van der Waals surface area contributed by atoms with Crippen molar-refractivity contribution in [1.29, 1.82) is 0 Å². The van der Waals surface area contributed by atoms with Crippen molar-refractivity contribution in [3.63, 3.8) is 0 Å². The maximum atomic E-state index is 13.0.